The van der Waals surface area contributed by atoms with Crippen LogP contribution in [0.15, 0.2) is 36.4 Å². The van der Waals surface area contributed by atoms with Gasteiger partial charge in [0.15, 0.2) is 11.5 Å². The first-order valence-corrected chi connectivity index (χ1v) is 11.0. The van der Waals surface area contributed by atoms with Gasteiger partial charge in [-0.25, -0.2) is 4.39 Å². The fourth-order valence-corrected chi connectivity index (χ4v) is 4.59. The van der Waals surface area contributed by atoms with Crippen molar-refractivity contribution in [3.8, 4) is 11.5 Å². The van der Waals surface area contributed by atoms with Crippen molar-refractivity contribution in [1.29, 1.82) is 0 Å². The molecule has 0 fully saturated rings. The normalized spacial score (nSPS) is 18.9. The summed E-state index contributed by atoms with van der Waals surface area (Å²) in [6, 6.07) is 10.8. The lowest BCUT2D eigenvalue weighted by Crippen LogP contribution is -3.13. The summed E-state index contributed by atoms with van der Waals surface area (Å²) in [6.07, 6.45) is 1.33. The van der Waals surface area contributed by atoms with Gasteiger partial charge in [0, 0.05) is 24.0 Å². The van der Waals surface area contributed by atoms with E-state index in [1.165, 1.54) is 16.5 Å². The van der Waals surface area contributed by atoms with Crippen molar-refractivity contribution in [1.82, 2.24) is 5.32 Å². The minimum atomic E-state index is -0.191. The Balaban J connectivity index is 1.97. The first kappa shape index (κ1) is 23.1. The van der Waals surface area contributed by atoms with Crippen molar-refractivity contribution < 1.29 is 23.6 Å². The Bertz CT molecular complexity index is 916. The molecule has 1 aliphatic rings. The highest BCUT2D eigenvalue weighted by Crippen LogP contribution is 2.35. The Morgan fingerprint density at radius 3 is 2.48 bits per heavy atom. The molecule has 0 saturated heterocycles. The smallest absolute Gasteiger partial charge is 0.220 e. The Kier molecular flexibility index (Phi) is 7.55. The topological polar surface area (TPSA) is 52.0 Å². The third-order valence-electron chi connectivity index (χ3n) is 5.99. The zero-order valence-corrected chi connectivity index (χ0v) is 19.1. The van der Waals surface area contributed by atoms with Gasteiger partial charge in [-0.2, -0.15) is 0 Å². The SMILES string of the molecule is COc1cc2c(cc1OC)[C@H]([C@H](C)NC(=O)CC(C)C)[NH+](Cc1ccccc1F)CC2. The summed E-state index contributed by atoms with van der Waals surface area (Å²) in [5.74, 6) is 1.51. The fraction of sp³-hybridized carbons (Fsp3) is 0.480. The number of hydrogen-bond acceptors (Lipinski definition) is 3. The van der Waals surface area contributed by atoms with Crippen LogP contribution in [0.3, 0.4) is 0 Å². The summed E-state index contributed by atoms with van der Waals surface area (Å²) in [4.78, 5) is 13.8. The molecule has 1 amide bonds. The molecule has 1 unspecified atom stereocenters. The highest BCUT2D eigenvalue weighted by molar-refractivity contribution is 5.76. The average molecular weight is 430 g/mol. The van der Waals surface area contributed by atoms with Crippen LogP contribution in [0, 0.1) is 11.7 Å². The lowest BCUT2D eigenvalue weighted by molar-refractivity contribution is -0.948. The first-order chi connectivity index (χ1) is 14.8. The number of amides is 1. The van der Waals surface area contributed by atoms with Crippen LogP contribution in [-0.2, 0) is 17.8 Å². The number of benzene rings is 2. The molecule has 2 N–H and O–H groups in total. The molecule has 31 heavy (non-hydrogen) atoms. The second-order valence-corrected chi connectivity index (χ2v) is 8.76. The minimum Gasteiger partial charge on any atom is -0.493 e. The molecule has 0 spiro atoms. The van der Waals surface area contributed by atoms with E-state index in [-0.39, 0.29) is 29.7 Å². The molecule has 0 radical (unpaired) electrons. The van der Waals surface area contributed by atoms with Crippen LogP contribution in [0.5, 0.6) is 11.5 Å². The highest BCUT2D eigenvalue weighted by atomic mass is 19.1. The van der Waals surface area contributed by atoms with E-state index in [1.54, 1.807) is 20.3 Å². The van der Waals surface area contributed by atoms with Crippen molar-refractivity contribution in [3.05, 3.63) is 58.9 Å². The molecule has 2 aromatic rings. The maximum Gasteiger partial charge on any atom is 0.220 e. The van der Waals surface area contributed by atoms with E-state index in [9.17, 15) is 9.18 Å². The fourth-order valence-electron chi connectivity index (χ4n) is 4.59. The Labute approximate surface area is 184 Å². The summed E-state index contributed by atoms with van der Waals surface area (Å²) in [7, 11) is 3.26. The number of fused-ring (bicyclic) bond motifs is 1. The van der Waals surface area contributed by atoms with Gasteiger partial charge in [0.25, 0.3) is 0 Å². The zero-order chi connectivity index (χ0) is 22.5. The van der Waals surface area contributed by atoms with E-state index in [0.717, 1.165) is 18.5 Å². The number of rotatable bonds is 8. The van der Waals surface area contributed by atoms with Crippen LogP contribution >= 0.6 is 0 Å². The molecular formula is C25H34FN2O3+. The largest absolute Gasteiger partial charge is 0.493 e. The van der Waals surface area contributed by atoms with Gasteiger partial charge < -0.3 is 19.7 Å². The molecule has 5 nitrogen and oxygen atoms in total. The van der Waals surface area contributed by atoms with E-state index in [1.807, 2.05) is 45.0 Å². The molecule has 1 heterocycles. The van der Waals surface area contributed by atoms with Gasteiger partial charge >= 0.3 is 0 Å². The summed E-state index contributed by atoms with van der Waals surface area (Å²) in [6.45, 7) is 7.50. The predicted octanol–water partition coefficient (Wildman–Crippen LogP) is 3.08. The molecule has 3 rings (SSSR count). The van der Waals surface area contributed by atoms with E-state index in [0.29, 0.717) is 30.0 Å². The number of carbonyl (C=O) groups is 1. The van der Waals surface area contributed by atoms with E-state index < -0.39 is 0 Å². The van der Waals surface area contributed by atoms with Crippen molar-refractivity contribution in [3.63, 3.8) is 0 Å². The molecule has 2 aromatic carbocycles. The summed E-state index contributed by atoms with van der Waals surface area (Å²) < 4.78 is 25.5. The molecule has 3 atom stereocenters. The molecule has 6 heteroatoms. The number of nitrogens with one attached hydrogen (secondary N) is 2. The molecule has 0 aromatic heterocycles. The number of carbonyl (C=O) groups excluding carboxylic acids is 1. The van der Waals surface area contributed by atoms with Crippen molar-refractivity contribution in [2.45, 2.75) is 52.2 Å². The van der Waals surface area contributed by atoms with Gasteiger partial charge in [0.05, 0.1) is 26.8 Å². The molecular weight excluding hydrogens is 395 g/mol. The summed E-state index contributed by atoms with van der Waals surface area (Å²) >= 11 is 0. The Morgan fingerprint density at radius 2 is 1.84 bits per heavy atom. The quantitative estimate of drug-likeness (QED) is 0.678. The highest BCUT2D eigenvalue weighted by Gasteiger charge is 2.37. The van der Waals surface area contributed by atoms with Crippen molar-refractivity contribution in [2.75, 3.05) is 20.8 Å². The van der Waals surface area contributed by atoms with Gasteiger partial charge in [0.2, 0.25) is 5.91 Å². The van der Waals surface area contributed by atoms with Crippen LogP contribution in [0.4, 0.5) is 4.39 Å². The number of quaternary nitrogens is 1. The molecule has 168 valence electrons. The van der Waals surface area contributed by atoms with Crippen LogP contribution in [0.2, 0.25) is 0 Å². The maximum absolute atomic E-state index is 14.4. The van der Waals surface area contributed by atoms with Crippen molar-refractivity contribution in [2.24, 2.45) is 5.92 Å². The van der Waals surface area contributed by atoms with Crippen LogP contribution < -0.4 is 19.7 Å². The molecule has 0 saturated carbocycles. The first-order valence-electron chi connectivity index (χ1n) is 11.0. The van der Waals surface area contributed by atoms with Crippen molar-refractivity contribution >= 4 is 5.91 Å². The standard InChI is InChI=1S/C25H33FN2O3/c1-16(2)12-24(29)27-17(3)25-20-14-23(31-5)22(30-4)13-18(20)10-11-28(25)15-19-8-6-7-9-21(19)26/h6-9,13-14,16-17,25H,10-12,15H2,1-5H3,(H,27,29)/p+1/t17-,25-/m0/s1. The minimum absolute atomic E-state index is 0.0284. The van der Waals surface area contributed by atoms with Gasteiger partial charge in [-0.3, -0.25) is 4.79 Å². The second-order valence-electron chi connectivity index (χ2n) is 8.76. The Morgan fingerprint density at radius 1 is 1.16 bits per heavy atom. The number of methoxy groups -OCH3 is 2. The number of halogens is 1. The lowest BCUT2D eigenvalue weighted by Gasteiger charge is -2.38. The predicted molar refractivity (Wildman–Crippen MR) is 119 cm³/mol. The summed E-state index contributed by atoms with van der Waals surface area (Å²) in [5.41, 5.74) is 2.99. The van der Waals surface area contributed by atoms with E-state index >= 15 is 0 Å². The van der Waals surface area contributed by atoms with Gasteiger partial charge in [-0.15, -0.1) is 0 Å². The summed E-state index contributed by atoms with van der Waals surface area (Å²) in [5, 5.41) is 3.19. The lowest BCUT2D eigenvalue weighted by atomic mass is 9.87. The van der Waals surface area contributed by atoms with E-state index in [2.05, 4.69) is 5.32 Å². The van der Waals surface area contributed by atoms with Gasteiger partial charge in [-0.05, 0) is 36.6 Å². The van der Waals surface area contributed by atoms with Gasteiger partial charge in [-0.1, -0.05) is 32.0 Å². The third kappa shape index (κ3) is 5.37. The number of hydrogen-bond donors (Lipinski definition) is 2. The van der Waals surface area contributed by atoms with Crippen LogP contribution in [0.1, 0.15) is 49.9 Å². The molecule has 0 bridgehead atoms. The third-order valence-corrected chi connectivity index (χ3v) is 5.99. The van der Waals surface area contributed by atoms with E-state index in [4.69, 9.17) is 9.47 Å². The Hall–Kier alpha value is -2.60. The van der Waals surface area contributed by atoms with Gasteiger partial charge in [0.1, 0.15) is 18.4 Å². The van der Waals surface area contributed by atoms with Crippen LogP contribution in [0.25, 0.3) is 0 Å². The average Bonchev–Trinajstić information content (AvgIpc) is 2.73. The zero-order valence-electron chi connectivity index (χ0n) is 19.1. The number of ether oxygens (including phenoxy) is 2. The molecule has 0 aliphatic carbocycles. The van der Waals surface area contributed by atoms with Crippen LogP contribution in [-0.4, -0.2) is 32.7 Å². The molecule has 1 aliphatic heterocycles. The maximum atomic E-state index is 14.4. The second kappa shape index (κ2) is 10.1. The monoisotopic (exact) mass is 429 g/mol.